The van der Waals surface area contributed by atoms with Crippen molar-refractivity contribution < 1.29 is 14.7 Å². The highest BCUT2D eigenvalue weighted by Crippen LogP contribution is 2.24. The summed E-state index contributed by atoms with van der Waals surface area (Å²) >= 11 is 0. The number of rotatable bonds is 2. The number of carboxylic acid groups (broad SMARTS) is 1. The summed E-state index contributed by atoms with van der Waals surface area (Å²) in [6, 6.07) is 0. The molecule has 0 aromatic rings. The van der Waals surface area contributed by atoms with Crippen LogP contribution in [0, 0.1) is 5.41 Å². The van der Waals surface area contributed by atoms with Crippen molar-refractivity contribution in [3.05, 3.63) is 11.6 Å². The van der Waals surface area contributed by atoms with E-state index in [1.165, 1.54) is 7.05 Å². The largest absolute Gasteiger partial charge is 0.478 e. The molecule has 0 heterocycles. The van der Waals surface area contributed by atoms with Crippen LogP contribution in [0.25, 0.3) is 0 Å². The maximum Gasteiger partial charge on any atom is 0.332 e. The van der Waals surface area contributed by atoms with Gasteiger partial charge in [0, 0.05) is 18.7 Å². The molecule has 0 fully saturated rings. The van der Waals surface area contributed by atoms with E-state index in [9.17, 15) is 9.59 Å². The highest BCUT2D eigenvalue weighted by molar-refractivity contribution is 5.98. The molecular weight excluding hydrogens is 170 g/mol. The Bertz CT molecular complexity index is 248. The van der Waals surface area contributed by atoms with Crippen LogP contribution in [0.3, 0.4) is 0 Å². The molecule has 0 radical (unpaired) electrons. The van der Waals surface area contributed by atoms with Crippen molar-refractivity contribution in [1.82, 2.24) is 5.32 Å². The fraction of sp³-hybridized carbons (Fsp3) is 0.556. The lowest BCUT2D eigenvalue weighted by Gasteiger charge is -2.18. The molecule has 0 rings (SSSR count). The van der Waals surface area contributed by atoms with Crippen LogP contribution in [0.1, 0.15) is 20.8 Å². The Labute approximate surface area is 77.6 Å². The van der Waals surface area contributed by atoms with Gasteiger partial charge in [-0.25, -0.2) is 4.79 Å². The zero-order valence-electron chi connectivity index (χ0n) is 8.34. The Kier molecular flexibility index (Phi) is 3.66. The lowest BCUT2D eigenvalue weighted by molar-refractivity contribution is -0.134. The number of carbonyl (C=O) groups is 2. The van der Waals surface area contributed by atoms with Gasteiger partial charge < -0.3 is 10.4 Å². The Balaban J connectivity index is 4.93. The molecule has 2 N–H and O–H groups in total. The average molecular weight is 185 g/mol. The Morgan fingerprint density at radius 2 is 1.77 bits per heavy atom. The smallest absolute Gasteiger partial charge is 0.332 e. The number of aliphatic carboxylic acids is 1. The quantitative estimate of drug-likeness (QED) is 0.625. The van der Waals surface area contributed by atoms with Crippen molar-refractivity contribution in [2.24, 2.45) is 5.41 Å². The van der Waals surface area contributed by atoms with Crippen molar-refractivity contribution in [2.75, 3.05) is 7.05 Å². The fourth-order valence-electron chi connectivity index (χ4n) is 0.802. The predicted octanol–water partition coefficient (Wildman–Crippen LogP) is 0.789. The standard InChI is InChI=1S/C9H15NO3/c1-9(2,3)6(8(12)13)5-7(11)10-4/h5H,1-4H3,(H,10,11)(H,12,13)/b6-5+. The van der Waals surface area contributed by atoms with Gasteiger partial charge in [-0.2, -0.15) is 0 Å². The van der Waals surface area contributed by atoms with Gasteiger partial charge in [0.1, 0.15) is 0 Å². The maximum atomic E-state index is 10.9. The minimum Gasteiger partial charge on any atom is -0.478 e. The molecule has 74 valence electrons. The number of hydrogen-bond acceptors (Lipinski definition) is 2. The van der Waals surface area contributed by atoms with Gasteiger partial charge in [-0.3, -0.25) is 4.79 Å². The molecule has 4 heteroatoms. The lowest BCUT2D eigenvalue weighted by atomic mass is 9.86. The molecule has 0 aliphatic carbocycles. The van der Waals surface area contributed by atoms with Crippen molar-refractivity contribution in [2.45, 2.75) is 20.8 Å². The average Bonchev–Trinajstić information content (AvgIpc) is 1.96. The van der Waals surface area contributed by atoms with E-state index in [2.05, 4.69) is 5.32 Å². The summed E-state index contributed by atoms with van der Waals surface area (Å²) in [5.41, 5.74) is -0.426. The highest BCUT2D eigenvalue weighted by Gasteiger charge is 2.24. The molecule has 4 nitrogen and oxygen atoms in total. The van der Waals surface area contributed by atoms with Gasteiger partial charge in [0.2, 0.25) is 5.91 Å². The second kappa shape index (κ2) is 4.07. The van der Waals surface area contributed by atoms with E-state index in [-0.39, 0.29) is 5.57 Å². The molecule has 0 unspecified atom stereocenters. The first-order chi connectivity index (χ1) is 5.79. The number of carboxylic acids is 1. The van der Waals surface area contributed by atoms with Gasteiger partial charge in [-0.1, -0.05) is 20.8 Å². The van der Waals surface area contributed by atoms with Crippen molar-refractivity contribution in [3.63, 3.8) is 0 Å². The molecule has 0 aliphatic heterocycles. The summed E-state index contributed by atoms with van der Waals surface area (Å²) in [6.07, 6.45) is 1.11. The second-order valence-electron chi connectivity index (χ2n) is 3.73. The molecule has 0 atom stereocenters. The van der Waals surface area contributed by atoms with Crippen LogP contribution < -0.4 is 5.32 Å². The van der Waals surface area contributed by atoms with E-state index < -0.39 is 17.3 Å². The summed E-state index contributed by atoms with van der Waals surface area (Å²) in [5.74, 6) is -1.46. The van der Waals surface area contributed by atoms with Crippen LogP contribution in [0.5, 0.6) is 0 Å². The second-order valence-corrected chi connectivity index (χ2v) is 3.73. The van der Waals surface area contributed by atoms with Crippen LogP contribution in [0.4, 0.5) is 0 Å². The zero-order valence-corrected chi connectivity index (χ0v) is 8.34. The minimum atomic E-state index is -1.06. The number of hydrogen-bond donors (Lipinski definition) is 2. The summed E-state index contributed by atoms with van der Waals surface area (Å²) in [7, 11) is 1.46. The minimum absolute atomic E-state index is 0.104. The molecule has 0 saturated heterocycles. The van der Waals surface area contributed by atoms with E-state index in [1.807, 2.05) is 0 Å². The SMILES string of the molecule is CNC(=O)/C=C(\C(=O)O)C(C)(C)C. The van der Waals surface area contributed by atoms with Gasteiger partial charge in [0.05, 0.1) is 0 Å². The van der Waals surface area contributed by atoms with Gasteiger partial charge in [0.25, 0.3) is 0 Å². The number of likely N-dealkylation sites (N-methyl/N-ethyl adjacent to an activating group) is 1. The molecule has 1 amide bonds. The molecule has 0 spiro atoms. The van der Waals surface area contributed by atoms with Gasteiger partial charge in [0.15, 0.2) is 0 Å². The number of nitrogens with one attached hydrogen (secondary N) is 1. The molecule has 0 aromatic heterocycles. The third-order valence-corrected chi connectivity index (χ3v) is 1.56. The molecular formula is C9H15NO3. The Morgan fingerprint density at radius 3 is 2.00 bits per heavy atom. The van der Waals surface area contributed by atoms with E-state index in [0.29, 0.717) is 0 Å². The fourth-order valence-corrected chi connectivity index (χ4v) is 0.802. The predicted molar refractivity (Wildman–Crippen MR) is 49.2 cm³/mol. The zero-order chi connectivity index (χ0) is 10.6. The first-order valence-electron chi connectivity index (χ1n) is 3.96. The van der Waals surface area contributed by atoms with E-state index in [4.69, 9.17) is 5.11 Å². The van der Waals surface area contributed by atoms with Crippen molar-refractivity contribution >= 4 is 11.9 Å². The first kappa shape index (κ1) is 11.7. The van der Waals surface area contributed by atoms with Gasteiger partial charge in [-0.05, 0) is 5.41 Å². The van der Waals surface area contributed by atoms with Crippen molar-refractivity contribution in [1.29, 1.82) is 0 Å². The summed E-state index contributed by atoms with van der Waals surface area (Å²) < 4.78 is 0. The monoisotopic (exact) mass is 185 g/mol. The summed E-state index contributed by atoms with van der Waals surface area (Å²) in [6.45, 7) is 5.24. The van der Waals surface area contributed by atoms with Crippen LogP contribution in [0.2, 0.25) is 0 Å². The molecule has 0 saturated carbocycles. The van der Waals surface area contributed by atoms with Crippen LogP contribution in [-0.4, -0.2) is 24.0 Å². The van der Waals surface area contributed by atoms with Gasteiger partial charge >= 0.3 is 5.97 Å². The lowest BCUT2D eigenvalue weighted by Crippen LogP contribution is -2.22. The van der Waals surface area contributed by atoms with E-state index in [0.717, 1.165) is 6.08 Å². The van der Waals surface area contributed by atoms with Crippen molar-refractivity contribution in [3.8, 4) is 0 Å². The molecule has 0 bridgehead atoms. The number of amides is 1. The van der Waals surface area contributed by atoms with Crippen LogP contribution >= 0.6 is 0 Å². The van der Waals surface area contributed by atoms with Gasteiger partial charge in [-0.15, -0.1) is 0 Å². The Morgan fingerprint density at radius 1 is 1.31 bits per heavy atom. The van der Waals surface area contributed by atoms with Crippen LogP contribution in [-0.2, 0) is 9.59 Å². The highest BCUT2D eigenvalue weighted by atomic mass is 16.4. The summed E-state index contributed by atoms with van der Waals surface area (Å²) in [5, 5.41) is 11.1. The van der Waals surface area contributed by atoms with E-state index >= 15 is 0 Å². The normalized spacial score (nSPS) is 12.5. The third-order valence-electron chi connectivity index (χ3n) is 1.56. The summed E-state index contributed by atoms with van der Waals surface area (Å²) in [4.78, 5) is 21.7. The Hall–Kier alpha value is -1.32. The maximum absolute atomic E-state index is 10.9. The molecule has 0 aliphatic rings. The van der Waals surface area contributed by atoms with E-state index in [1.54, 1.807) is 20.8 Å². The molecule has 13 heavy (non-hydrogen) atoms. The number of carbonyl (C=O) groups excluding carboxylic acids is 1. The molecule has 0 aromatic carbocycles. The topological polar surface area (TPSA) is 66.4 Å². The van der Waals surface area contributed by atoms with Crippen LogP contribution in [0.15, 0.2) is 11.6 Å². The third kappa shape index (κ3) is 3.73. The first-order valence-corrected chi connectivity index (χ1v) is 3.96.